The molecule has 1 aliphatic carbocycles. The van der Waals surface area contributed by atoms with E-state index in [1.807, 2.05) is 0 Å². The second kappa shape index (κ2) is 6.82. The van der Waals surface area contributed by atoms with Gasteiger partial charge in [-0.05, 0) is 0 Å². The standard InChI is InChI=1S/C25H19.2CH3.Zr/c1-2-25(16-20-9-3-4-10-21(20)17-25)23-13-7-11-19-15-14-18-8-5-6-12-22(18)24(19)23;;;/h3-16H,2H2,1H3;2*1H3;. The fourth-order valence-electron chi connectivity index (χ4n) is 5.26. The normalized spacial score (nSPS) is 18.3. The Kier molecular flexibility index (Phi) is 4.40. The minimum atomic E-state index is -1.66. The fourth-order valence-corrected chi connectivity index (χ4v) is 10.3. The van der Waals surface area contributed by atoms with Crippen LogP contribution in [0.5, 0.6) is 0 Å². The van der Waals surface area contributed by atoms with Crippen LogP contribution in [0.1, 0.15) is 18.9 Å². The predicted molar refractivity (Wildman–Crippen MR) is 119 cm³/mol. The molecule has 1 aliphatic rings. The van der Waals surface area contributed by atoms with Gasteiger partial charge < -0.3 is 0 Å². The number of hydrogen-bond donors (Lipinski definition) is 0. The van der Waals surface area contributed by atoms with Gasteiger partial charge in [0.25, 0.3) is 0 Å². The first-order valence-corrected chi connectivity index (χ1v) is 16.3. The Labute approximate surface area is 174 Å². The van der Waals surface area contributed by atoms with E-state index in [9.17, 15) is 0 Å². The summed E-state index contributed by atoms with van der Waals surface area (Å²) in [7, 11) is 0. The van der Waals surface area contributed by atoms with E-state index >= 15 is 0 Å². The van der Waals surface area contributed by atoms with Gasteiger partial charge in [0, 0.05) is 0 Å². The van der Waals surface area contributed by atoms with Crippen LogP contribution in [0.15, 0.2) is 78.9 Å². The van der Waals surface area contributed by atoms with Crippen LogP contribution in [0.2, 0.25) is 9.26 Å². The van der Waals surface area contributed by atoms with Crippen molar-refractivity contribution in [1.29, 1.82) is 0 Å². The van der Waals surface area contributed by atoms with Gasteiger partial charge in [0.15, 0.2) is 0 Å². The molecule has 1 atom stereocenters. The van der Waals surface area contributed by atoms with Crippen LogP contribution in [0, 0.1) is 0 Å². The first-order valence-electron chi connectivity index (χ1n) is 10.2. The summed E-state index contributed by atoms with van der Waals surface area (Å²) in [6, 6.07) is 29.4. The van der Waals surface area contributed by atoms with E-state index in [1.165, 1.54) is 37.5 Å². The zero-order valence-electron chi connectivity index (χ0n) is 16.8. The van der Waals surface area contributed by atoms with E-state index in [0.29, 0.717) is 0 Å². The summed E-state index contributed by atoms with van der Waals surface area (Å²) in [6.45, 7) is 2.37. The zero-order valence-corrected chi connectivity index (χ0v) is 19.2. The zero-order chi connectivity index (χ0) is 19.3. The molecule has 0 saturated carbocycles. The number of fused-ring (bicyclic) bond motifs is 4. The quantitative estimate of drug-likeness (QED) is 0.345. The summed E-state index contributed by atoms with van der Waals surface area (Å²) in [5.41, 5.74) is 1.53. The Hall–Kier alpha value is -1.98. The van der Waals surface area contributed by atoms with E-state index in [2.05, 4.69) is 101 Å². The van der Waals surface area contributed by atoms with E-state index in [0.717, 1.165) is 6.42 Å². The molecule has 4 aromatic rings. The SMILES string of the molecule is CCC1(c2cccc3ccc4ccccc4c23)C=c2ccccc2=[C]1[Zr]([CH3])[CH3]. The van der Waals surface area contributed by atoms with Crippen molar-refractivity contribution in [3.05, 3.63) is 94.9 Å². The van der Waals surface area contributed by atoms with Gasteiger partial charge in [0.1, 0.15) is 0 Å². The molecule has 0 aliphatic heterocycles. The molecule has 28 heavy (non-hydrogen) atoms. The van der Waals surface area contributed by atoms with Gasteiger partial charge in [0.05, 0.1) is 0 Å². The van der Waals surface area contributed by atoms with Crippen molar-refractivity contribution >= 4 is 30.9 Å². The number of rotatable bonds is 3. The Balaban J connectivity index is 1.97. The van der Waals surface area contributed by atoms with Gasteiger partial charge in [-0.2, -0.15) is 0 Å². The Morgan fingerprint density at radius 1 is 0.750 bits per heavy atom. The van der Waals surface area contributed by atoms with E-state index in [4.69, 9.17) is 0 Å². The molecule has 0 nitrogen and oxygen atoms in total. The first kappa shape index (κ1) is 18.1. The Bertz CT molecular complexity index is 1330. The average molecular weight is 441 g/mol. The van der Waals surface area contributed by atoms with Crippen molar-refractivity contribution in [2.45, 2.75) is 28.0 Å². The monoisotopic (exact) mass is 439 g/mol. The molecule has 0 saturated heterocycles. The van der Waals surface area contributed by atoms with E-state index < -0.39 is 21.8 Å². The maximum absolute atomic E-state index is 2.59. The molecule has 4 aromatic carbocycles. The molecule has 1 unspecified atom stereocenters. The third-order valence-corrected chi connectivity index (χ3v) is 10.6. The van der Waals surface area contributed by atoms with Gasteiger partial charge in [-0.15, -0.1) is 0 Å². The second-order valence-electron chi connectivity index (χ2n) is 8.12. The van der Waals surface area contributed by atoms with Crippen LogP contribution in [0.3, 0.4) is 0 Å². The maximum atomic E-state index is 2.59. The summed E-state index contributed by atoms with van der Waals surface area (Å²) < 4.78 is 6.84. The predicted octanol–water partition coefficient (Wildman–Crippen LogP) is 5.96. The van der Waals surface area contributed by atoms with Gasteiger partial charge in [-0.25, -0.2) is 0 Å². The van der Waals surface area contributed by atoms with Gasteiger partial charge in [0.2, 0.25) is 0 Å². The molecule has 0 radical (unpaired) electrons. The van der Waals surface area contributed by atoms with E-state index in [1.54, 1.807) is 3.28 Å². The topological polar surface area (TPSA) is 0 Å². The summed E-state index contributed by atoms with van der Waals surface area (Å²) in [6.07, 6.45) is 3.70. The van der Waals surface area contributed by atoms with Crippen LogP contribution in [0.25, 0.3) is 30.9 Å². The molecule has 0 heterocycles. The average Bonchev–Trinajstić information content (AvgIpc) is 3.08. The van der Waals surface area contributed by atoms with Crippen molar-refractivity contribution in [2.75, 3.05) is 0 Å². The number of benzene rings is 4. The van der Waals surface area contributed by atoms with E-state index in [-0.39, 0.29) is 5.41 Å². The molecule has 5 rings (SSSR count). The van der Waals surface area contributed by atoms with Crippen molar-refractivity contribution in [1.82, 2.24) is 0 Å². The molecule has 0 spiro atoms. The molecule has 137 valence electrons. The molecule has 1 heteroatoms. The molecule has 0 N–H and O–H groups in total. The third kappa shape index (κ3) is 2.52. The summed E-state index contributed by atoms with van der Waals surface area (Å²) in [5.74, 6) is 0. The second-order valence-corrected chi connectivity index (χ2v) is 14.3. The van der Waals surface area contributed by atoms with Crippen molar-refractivity contribution in [3.63, 3.8) is 0 Å². The number of hydrogen-bond acceptors (Lipinski definition) is 0. The molecule has 0 fully saturated rings. The summed E-state index contributed by atoms with van der Waals surface area (Å²) >= 11 is -1.66. The molecule has 0 amide bonds. The van der Waals surface area contributed by atoms with Crippen LogP contribution in [-0.2, 0) is 27.2 Å². The van der Waals surface area contributed by atoms with Crippen molar-refractivity contribution in [2.24, 2.45) is 0 Å². The Morgan fingerprint density at radius 2 is 1.46 bits per heavy atom. The van der Waals surface area contributed by atoms with Crippen LogP contribution in [0.4, 0.5) is 0 Å². The van der Waals surface area contributed by atoms with Crippen molar-refractivity contribution in [3.8, 4) is 0 Å². The summed E-state index contributed by atoms with van der Waals surface area (Å²) in [5, 5.41) is 8.44. The van der Waals surface area contributed by atoms with Gasteiger partial charge in [-0.3, -0.25) is 0 Å². The van der Waals surface area contributed by atoms with Crippen LogP contribution < -0.4 is 10.4 Å². The fraction of sp³-hybridized carbons (Fsp3) is 0.185. The summed E-state index contributed by atoms with van der Waals surface area (Å²) in [4.78, 5) is 0. The molecular weight excluding hydrogens is 416 g/mol. The van der Waals surface area contributed by atoms with Gasteiger partial charge >= 0.3 is 176 Å². The minimum absolute atomic E-state index is 0.0333. The molecule has 0 aromatic heterocycles. The third-order valence-electron chi connectivity index (χ3n) is 6.39. The van der Waals surface area contributed by atoms with Crippen molar-refractivity contribution < 1.29 is 21.8 Å². The van der Waals surface area contributed by atoms with Crippen LogP contribution >= 0.6 is 0 Å². The first-order chi connectivity index (χ1) is 13.7. The van der Waals surface area contributed by atoms with Crippen LogP contribution in [-0.4, -0.2) is 0 Å². The Morgan fingerprint density at radius 3 is 2.29 bits per heavy atom. The molecule has 0 bridgehead atoms. The van der Waals surface area contributed by atoms with Gasteiger partial charge in [-0.1, -0.05) is 0 Å². The molecular formula is C27H25Zr.